The van der Waals surface area contributed by atoms with Crippen molar-refractivity contribution in [1.82, 2.24) is 10.2 Å². The molecule has 1 N–H and O–H groups in total. The van der Waals surface area contributed by atoms with Crippen molar-refractivity contribution in [2.45, 2.75) is 44.6 Å². The topological polar surface area (TPSA) is 73.2 Å². The second-order valence-corrected chi connectivity index (χ2v) is 7.41. The Morgan fingerprint density at radius 3 is 2.62 bits per heavy atom. The van der Waals surface area contributed by atoms with Crippen molar-refractivity contribution in [2.24, 2.45) is 5.92 Å². The number of amides is 2. The minimum Gasteiger partial charge on any atom is -0.340 e. The van der Waals surface area contributed by atoms with Crippen LogP contribution in [0, 0.1) is 20.9 Å². The molecule has 24 heavy (non-hydrogen) atoms. The number of hydrogen-bond donors (Lipinski definition) is 1. The second kappa shape index (κ2) is 9.02. The average Bonchev–Trinajstić information content (AvgIpc) is 2.61. The first-order chi connectivity index (χ1) is 11.5. The third-order valence-corrected chi connectivity index (χ3v) is 5.44. The molecule has 1 fully saturated rings. The van der Waals surface area contributed by atoms with E-state index in [2.05, 4.69) is 27.9 Å². The van der Waals surface area contributed by atoms with Gasteiger partial charge in [-0.1, -0.05) is 44.2 Å². The molecule has 0 bridgehead atoms. The number of nitrogens with one attached hydrogen (secondary N) is 1. The molecule has 1 aliphatic carbocycles. The highest BCUT2D eigenvalue weighted by Crippen LogP contribution is 2.28. The van der Waals surface area contributed by atoms with Gasteiger partial charge in [-0.3, -0.25) is 14.5 Å². The Balaban J connectivity index is 2.12. The molecule has 0 heterocycles. The number of carbonyl (C=O) groups is 2. The third kappa shape index (κ3) is 4.94. The molecule has 0 saturated heterocycles. The van der Waals surface area contributed by atoms with Gasteiger partial charge < -0.3 is 5.32 Å². The van der Waals surface area contributed by atoms with E-state index in [0.717, 1.165) is 21.3 Å². The predicted octanol–water partition coefficient (Wildman–Crippen LogP) is 3.30. The molecule has 0 aromatic heterocycles. The van der Waals surface area contributed by atoms with Crippen LogP contribution in [0.1, 0.15) is 48.9 Å². The summed E-state index contributed by atoms with van der Waals surface area (Å²) in [5, 5.41) is 11.8. The van der Waals surface area contributed by atoms with Crippen LogP contribution in [0.15, 0.2) is 24.3 Å². The van der Waals surface area contributed by atoms with Crippen molar-refractivity contribution in [3.63, 3.8) is 0 Å². The molecular weight excluding hydrogens is 417 g/mol. The lowest BCUT2D eigenvalue weighted by Gasteiger charge is -2.27. The fraction of sp³-hybridized carbons (Fsp3) is 0.500. The zero-order chi connectivity index (χ0) is 17.5. The molecule has 1 aromatic rings. The number of hydrogen-bond acceptors (Lipinski definition) is 3. The Bertz CT molecular complexity index is 635. The van der Waals surface area contributed by atoms with E-state index in [9.17, 15) is 9.59 Å². The summed E-state index contributed by atoms with van der Waals surface area (Å²) < 4.78 is 0.838. The van der Waals surface area contributed by atoms with Crippen LogP contribution >= 0.6 is 22.6 Å². The van der Waals surface area contributed by atoms with E-state index in [4.69, 9.17) is 5.26 Å². The van der Waals surface area contributed by atoms with Crippen LogP contribution in [0.2, 0.25) is 0 Å². The molecular formula is C18H22IN3O2. The number of nitrogens with zero attached hydrogens (tertiary/aromatic N) is 2. The Hall–Kier alpha value is -1.62. The van der Waals surface area contributed by atoms with Crippen molar-refractivity contribution >= 4 is 34.4 Å². The minimum atomic E-state index is -0.652. The molecule has 128 valence electrons. The van der Waals surface area contributed by atoms with Crippen LogP contribution in [0.25, 0.3) is 0 Å². The fourth-order valence-corrected chi connectivity index (χ4v) is 3.77. The number of nitriles is 1. The summed E-state index contributed by atoms with van der Waals surface area (Å²) in [5.41, 5.74) is 0.555. The predicted molar refractivity (Wildman–Crippen MR) is 100.0 cm³/mol. The van der Waals surface area contributed by atoms with E-state index in [1.165, 1.54) is 26.3 Å². The van der Waals surface area contributed by atoms with Crippen molar-refractivity contribution in [3.05, 3.63) is 33.4 Å². The van der Waals surface area contributed by atoms with E-state index in [1.807, 2.05) is 18.3 Å². The lowest BCUT2D eigenvalue weighted by molar-refractivity contribution is -0.129. The van der Waals surface area contributed by atoms with Gasteiger partial charge in [0.2, 0.25) is 0 Å². The molecule has 1 aromatic carbocycles. The quantitative estimate of drug-likeness (QED) is 0.435. The van der Waals surface area contributed by atoms with Crippen LogP contribution in [-0.2, 0) is 4.79 Å². The molecule has 2 amide bonds. The first-order valence-corrected chi connectivity index (χ1v) is 9.33. The van der Waals surface area contributed by atoms with Crippen LogP contribution in [-0.4, -0.2) is 29.8 Å². The van der Waals surface area contributed by atoms with Gasteiger partial charge in [0.1, 0.15) is 6.04 Å². The standard InChI is InChI=1S/C18H22IN3O2/c1-22(12-20)18(24)16(11-13-7-3-2-4-8-13)21-17(23)14-9-5-6-10-15(14)19/h5-6,9-10,13,16H,2-4,7-8,11H2,1H3,(H,21,23)/t16-/m0/s1. The van der Waals surface area contributed by atoms with Gasteiger partial charge in [-0.15, -0.1) is 0 Å². The maximum absolute atomic E-state index is 12.6. The number of likely N-dealkylation sites (N-methyl/N-ethyl adjacent to an activating group) is 1. The zero-order valence-corrected chi connectivity index (χ0v) is 16.0. The van der Waals surface area contributed by atoms with Crippen LogP contribution in [0.5, 0.6) is 0 Å². The maximum Gasteiger partial charge on any atom is 0.257 e. The van der Waals surface area contributed by atoms with Crippen LogP contribution in [0.3, 0.4) is 0 Å². The third-order valence-electron chi connectivity index (χ3n) is 4.50. The summed E-state index contributed by atoms with van der Waals surface area (Å²) in [6, 6.07) is 6.62. The molecule has 2 rings (SSSR count). The monoisotopic (exact) mass is 439 g/mol. The van der Waals surface area contributed by atoms with E-state index in [1.54, 1.807) is 12.1 Å². The van der Waals surface area contributed by atoms with E-state index < -0.39 is 6.04 Å². The Labute approximate surface area is 156 Å². The first-order valence-electron chi connectivity index (χ1n) is 8.25. The van der Waals surface area contributed by atoms with Gasteiger partial charge in [0, 0.05) is 10.6 Å². The molecule has 1 aliphatic rings. The maximum atomic E-state index is 12.6. The van der Waals surface area contributed by atoms with Gasteiger partial charge in [0.25, 0.3) is 11.8 Å². The molecule has 0 radical (unpaired) electrons. The molecule has 1 saturated carbocycles. The molecule has 5 nitrogen and oxygen atoms in total. The van der Waals surface area contributed by atoms with Gasteiger partial charge in [0.05, 0.1) is 5.56 Å². The fourth-order valence-electron chi connectivity index (χ4n) is 3.14. The van der Waals surface area contributed by atoms with Gasteiger partial charge in [0.15, 0.2) is 6.19 Å². The normalized spacial score (nSPS) is 16.0. The minimum absolute atomic E-state index is 0.263. The molecule has 0 spiro atoms. The smallest absolute Gasteiger partial charge is 0.257 e. The second-order valence-electron chi connectivity index (χ2n) is 6.24. The number of rotatable bonds is 5. The van der Waals surface area contributed by atoms with Gasteiger partial charge in [-0.05, 0) is 47.1 Å². The van der Waals surface area contributed by atoms with Crippen molar-refractivity contribution < 1.29 is 9.59 Å². The summed E-state index contributed by atoms with van der Waals surface area (Å²) in [5.74, 6) is -0.183. The number of benzene rings is 1. The van der Waals surface area contributed by atoms with Crippen LogP contribution in [0.4, 0.5) is 0 Å². The summed E-state index contributed by atoms with van der Waals surface area (Å²) in [6.07, 6.45) is 8.18. The highest BCUT2D eigenvalue weighted by Gasteiger charge is 2.28. The van der Waals surface area contributed by atoms with Gasteiger partial charge in [-0.25, -0.2) is 0 Å². The Morgan fingerprint density at radius 1 is 1.33 bits per heavy atom. The van der Waals surface area contributed by atoms with Gasteiger partial charge >= 0.3 is 0 Å². The Morgan fingerprint density at radius 2 is 2.00 bits per heavy atom. The van der Waals surface area contributed by atoms with Crippen molar-refractivity contribution in [2.75, 3.05) is 7.05 Å². The lowest BCUT2D eigenvalue weighted by Crippen LogP contribution is -2.47. The Kier molecular flexibility index (Phi) is 7.03. The summed E-state index contributed by atoms with van der Waals surface area (Å²) in [6.45, 7) is 0. The lowest BCUT2D eigenvalue weighted by atomic mass is 9.84. The SMILES string of the molecule is CN(C#N)C(=O)[C@H](CC1CCCCC1)NC(=O)c1ccccc1I. The van der Waals surface area contributed by atoms with Gasteiger partial charge in [-0.2, -0.15) is 5.26 Å². The van der Waals surface area contributed by atoms with E-state index in [0.29, 0.717) is 17.9 Å². The number of carbonyl (C=O) groups excluding carboxylic acids is 2. The van der Waals surface area contributed by atoms with Crippen LogP contribution < -0.4 is 5.32 Å². The summed E-state index contributed by atoms with van der Waals surface area (Å²) in [4.78, 5) is 26.1. The zero-order valence-electron chi connectivity index (χ0n) is 13.8. The molecule has 0 unspecified atom stereocenters. The summed E-state index contributed by atoms with van der Waals surface area (Å²) >= 11 is 2.11. The van der Waals surface area contributed by atoms with E-state index >= 15 is 0 Å². The average molecular weight is 439 g/mol. The molecule has 1 atom stereocenters. The largest absolute Gasteiger partial charge is 0.340 e. The van der Waals surface area contributed by atoms with Crippen molar-refractivity contribution in [1.29, 1.82) is 5.26 Å². The molecule has 0 aliphatic heterocycles. The summed E-state index contributed by atoms with van der Waals surface area (Å²) in [7, 11) is 1.44. The van der Waals surface area contributed by atoms with E-state index in [-0.39, 0.29) is 11.8 Å². The first kappa shape index (κ1) is 18.7. The number of halogens is 1. The van der Waals surface area contributed by atoms with Crippen molar-refractivity contribution in [3.8, 4) is 6.19 Å². The highest BCUT2D eigenvalue weighted by atomic mass is 127. The molecule has 6 heteroatoms. The highest BCUT2D eigenvalue weighted by molar-refractivity contribution is 14.1.